The molecule has 0 unspecified atom stereocenters. The lowest BCUT2D eigenvalue weighted by Crippen LogP contribution is -2.11. The van der Waals surface area contributed by atoms with Gasteiger partial charge in [0.05, 0.1) is 6.61 Å². The van der Waals surface area contributed by atoms with Gasteiger partial charge in [0.15, 0.2) is 0 Å². The molecule has 0 aliphatic rings. The van der Waals surface area contributed by atoms with E-state index >= 15 is 0 Å². The molecule has 0 bridgehead atoms. The van der Waals surface area contributed by atoms with Gasteiger partial charge in [0, 0.05) is 13.1 Å². The largest absolute Gasteiger partial charge is 0.507 e. The Kier molecular flexibility index (Phi) is 6.60. The van der Waals surface area contributed by atoms with E-state index in [9.17, 15) is 14.7 Å². The third-order valence-corrected chi connectivity index (χ3v) is 2.38. The predicted molar refractivity (Wildman–Crippen MR) is 80.9 cm³/mol. The molecule has 1 amide bonds. The topological polar surface area (TPSA) is 76.0 Å². The van der Waals surface area contributed by atoms with Crippen molar-refractivity contribution >= 4 is 24.2 Å². The number of aliphatic imine (C=N–C) groups is 1. The van der Waals surface area contributed by atoms with Crippen molar-refractivity contribution < 1.29 is 19.4 Å². The van der Waals surface area contributed by atoms with E-state index in [0.717, 1.165) is 11.8 Å². The van der Waals surface area contributed by atoms with Crippen molar-refractivity contribution in [3.63, 3.8) is 0 Å². The zero-order valence-corrected chi connectivity index (χ0v) is 11.9. The molecule has 110 valence electrons. The van der Waals surface area contributed by atoms with E-state index < -0.39 is 11.9 Å². The second-order valence-electron chi connectivity index (χ2n) is 4.04. The monoisotopic (exact) mass is 287 g/mol. The summed E-state index contributed by atoms with van der Waals surface area (Å²) in [6, 6.07) is 9.26. The maximum absolute atomic E-state index is 11.7. The number of allylic oxidation sites excluding steroid dienone is 1. The summed E-state index contributed by atoms with van der Waals surface area (Å²) in [7, 11) is 0. The molecule has 0 heterocycles. The van der Waals surface area contributed by atoms with Gasteiger partial charge in [-0.2, -0.15) is 0 Å². The summed E-state index contributed by atoms with van der Waals surface area (Å²) < 4.78 is 4.82. The van der Waals surface area contributed by atoms with Gasteiger partial charge in [-0.05, 0) is 18.6 Å². The van der Waals surface area contributed by atoms with Crippen LogP contribution in [0.1, 0.15) is 19.4 Å². The lowest BCUT2D eigenvalue weighted by molar-refractivity contribution is -0.138. The van der Waals surface area contributed by atoms with Crippen LogP contribution < -0.4 is 0 Å². The molecule has 0 aliphatic carbocycles. The van der Waals surface area contributed by atoms with Gasteiger partial charge in [0.25, 0.3) is 0 Å². The van der Waals surface area contributed by atoms with E-state index in [1.807, 2.05) is 30.3 Å². The molecule has 0 saturated carbocycles. The quantitative estimate of drug-likeness (QED) is 0.297. The third kappa shape index (κ3) is 5.86. The second-order valence-corrected chi connectivity index (χ2v) is 4.04. The van der Waals surface area contributed by atoms with Gasteiger partial charge in [-0.15, -0.1) is 0 Å². The van der Waals surface area contributed by atoms with Gasteiger partial charge in [-0.3, -0.25) is 4.79 Å². The van der Waals surface area contributed by atoms with Gasteiger partial charge >= 0.3 is 5.97 Å². The highest BCUT2D eigenvalue weighted by Crippen LogP contribution is 2.08. The summed E-state index contributed by atoms with van der Waals surface area (Å²) in [6.45, 7) is 3.05. The molecular formula is C16H17NO4. The molecule has 0 aliphatic heterocycles. The van der Waals surface area contributed by atoms with Crippen LogP contribution in [0.3, 0.4) is 0 Å². The maximum atomic E-state index is 11.7. The Balaban J connectivity index is 3.05. The molecule has 0 aromatic heterocycles. The van der Waals surface area contributed by atoms with Crippen LogP contribution in [0.25, 0.3) is 6.08 Å². The minimum atomic E-state index is -0.738. The molecule has 0 saturated heterocycles. The van der Waals surface area contributed by atoms with Gasteiger partial charge in [-0.1, -0.05) is 36.4 Å². The van der Waals surface area contributed by atoms with Crippen LogP contribution in [0.4, 0.5) is 0 Å². The van der Waals surface area contributed by atoms with E-state index in [0.29, 0.717) is 0 Å². The zero-order valence-electron chi connectivity index (χ0n) is 11.9. The lowest BCUT2D eigenvalue weighted by Gasteiger charge is -2.03. The van der Waals surface area contributed by atoms with Gasteiger partial charge < -0.3 is 9.84 Å². The summed E-state index contributed by atoms with van der Waals surface area (Å²) in [6.07, 6.45) is 3.99. The number of aliphatic hydroxyl groups is 1. The first-order valence-electron chi connectivity index (χ1n) is 6.42. The summed E-state index contributed by atoms with van der Waals surface area (Å²) in [5.41, 5.74) is 0.690. The molecule has 0 radical (unpaired) electrons. The van der Waals surface area contributed by atoms with E-state index in [1.54, 1.807) is 13.0 Å². The van der Waals surface area contributed by atoms with Crippen LogP contribution in [-0.4, -0.2) is 29.8 Å². The molecule has 0 spiro atoms. The Morgan fingerprint density at radius 3 is 2.52 bits per heavy atom. The van der Waals surface area contributed by atoms with Crippen molar-refractivity contribution in [1.29, 1.82) is 0 Å². The molecule has 1 N–H and O–H groups in total. The lowest BCUT2D eigenvalue weighted by atomic mass is 10.1. The number of esters is 1. The Morgan fingerprint density at radius 2 is 1.95 bits per heavy atom. The molecule has 21 heavy (non-hydrogen) atoms. The summed E-state index contributed by atoms with van der Waals surface area (Å²) in [4.78, 5) is 26.1. The zero-order chi connectivity index (χ0) is 15.7. The van der Waals surface area contributed by atoms with Crippen molar-refractivity contribution in [1.82, 2.24) is 0 Å². The number of nitrogens with zero attached hydrogens (tertiary/aromatic N) is 1. The highest BCUT2D eigenvalue weighted by Gasteiger charge is 2.13. The summed E-state index contributed by atoms with van der Waals surface area (Å²) >= 11 is 0. The minimum Gasteiger partial charge on any atom is -0.507 e. The number of carbonyl (C=O) groups excluding carboxylic acids is 2. The Hall–Kier alpha value is -2.69. The first-order valence-corrected chi connectivity index (χ1v) is 6.42. The average molecular weight is 287 g/mol. The van der Waals surface area contributed by atoms with Crippen LogP contribution in [-0.2, 0) is 14.3 Å². The Morgan fingerprint density at radius 1 is 1.29 bits per heavy atom. The molecule has 0 atom stereocenters. The molecule has 1 aromatic rings. The highest BCUT2D eigenvalue weighted by molar-refractivity contribution is 6.12. The fraction of sp³-hybridized carbons (Fsp3) is 0.188. The number of benzene rings is 1. The number of rotatable bonds is 5. The van der Waals surface area contributed by atoms with Gasteiger partial charge in [-0.25, -0.2) is 9.79 Å². The smallest absolute Gasteiger partial charge is 0.343 e. The van der Waals surface area contributed by atoms with E-state index in [-0.39, 0.29) is 17.9 Å². The normalized spacial score (nSPS) is 12.5. The van der Waals surface area contributed by atoms with Crippen LogP contribution in [0.2, 0.25) is 0 Å². The second kappa shape index (κ2) is 8.47. The Bertz CT molecular complexity index is 586. The maximum Gasteiger partial charge on any atom is 0.343 e. The number of hydrogen-bond donors (Lipinski definition) is 1. The molecule has 0 fully saturated rings. The van der Waals surface area contributed by atoms with Crippen LogP contribution >= 0.6 is 0 Å². The van der Waals surface area contributed by atoms with E-state index in [2.05, 4.69) is 4.99 Å². The fourth-order valence-corrected chi connectivity index (χ4v) is 1.42. The third-order valence-electron chi connectivity index (χ3n) is 2.38. The first kappa shape index (κ1) is 16.4. The minimum absolute atomic E-state index is 0.159. The van der Waals surface area contributed by atoms with Gasteiger partial charge in [0.1, 0.15) is 11.3 Å². The SMILES string of the molecule is CCOC(=O)/C(C=NC(C)=O)=C(\O)C=Cc1ccccc1. The number of ether oxygens (including phenoxy) is 1. The predicted octanol–water partition coefficient (Wildman–Crippen LogP) is 2.69. The summed E-state index contributed by atoms with van der Waals surface area (Å²) in [5, 5.41) is 9.97. The number of hydrogen-bond acceptors (Lipinski definition) is 4. The van der Waals surface area contributed by atoms with Gasteiger partial charge in [0.2, 0.25) is 5.91 Å². The van der Waals surface area contributed by atoms with Crippen LogP contribution in [0.5, 0.6) is 0 Å². The standard InChI is InChI=1S/C16H17NO4/c1-3-21-16(20)14(11-17-12(2)18)15(19)10-9-13-7-5-4-6-8-13/h4-11,19H,3H2,1-2H3/b10-9?,15-14-,17-11?. The average Bonchev–Trinajstić information content (AvgIpc) is 2.46. The summed E-state index contributed by atoms with van der Waals surface area (Å²) in [5.74, 6) is -1.53. The number of carbonyl (C=O) groups is 2. The van der Waals surface area contributed by atoms with Crippen molar-refractivity contribution in [2.75, 3.05) is 6.61 Å². The number of amides is 1. The van der Waals surface area contributed by atoms with Crippen LogP contribution in [0, 0.1) is 0 Å². The van der Waals surface area contributed by atoms with Crippen molar-refractivity contribution in [2.45, 2.75) is 13.8 Å². The van der Waals surface area contributed by atoms with Crippen LogP contribution in [0.15, 0.2) is 52.7 Å². The van der Waals surface area contributed by atoms with E-state index in [1.165, 1.54) is 13.0 Å². The molecule has 1 rings (SSSR count). The van der Waals surface area contributed by atoms with E-state index in [4.69, 9.17) is 4.74 Å². The fourth-order valence-electron chi connectivity index (χ4n) is 1.42. The Labute approximate surface area is 123 Å². The first-order chi connectivity index (χ1) is 10.0. The van der Waals surface area contributed by atoms with Crippen molar-refractivity contribution in [3.05, 3.63) is 53.3 Å². The highest BCUT2D eigenvalue weighted by atomic mass is 16.5. The van der Waals surface area contributed by atoms with Crippen molar-refractivity contribution in [2.24, 2.45) is 4.99 Å². The molecule has 1 aromatic carbocycles. The molecule has 5 heteroatoms. The van der Waals surface area contributed by atoms with Crippen molar-refractivity contribution in [3.8, 4) is 0 Å². The number of aliphatic hydroxyl groups excluding tert-OH is 1. The molecular weight excluding hydrogens is 270 g/mol. The molecule has 5 nitrogen and oxygen atoms in total.